The molecule has 1 aliphatic rings. The molecule has 12 heavy (non-hydrogen) atoms. The molecular formula is C10H22N2. The summed E-state index contributed by atoms with van der Waals surface area (Å²) in [6.07, 6.45) is 5.28. The zero-order chi connectivity index (χ0) is 9.19. The zero-order valence-corrected chi connectivity index (χ0v) is 8.56. The summed E-state index contributed by atoms with van der Waals surface area (Å²) < 4.78 is 0. The van der Waals surface area contributed by atoms with Crippen LogP contribution in [0.25, 0.3) is 0 Å². The fourth-order valence-corrected chi connectivity index (χ4v) is 1.91. The molecule has 2 nitrogen and oxygen atoms in total. The van der Waals surface area contributed by atoms with Crippen LogP contribution in [0, 0.1) is 5.92 Å². The maximum Gasteiger partial charge on any atom is 0.0112 e. The first-order chi connectivity index (χ1) is 5.53. The van der Waals surface area contributed by atoms with E-state index in [4.69, 9.17) is 5.73 Å². The van der Waals surface area contributed by atoms with Gasteiger partial charge in [-0.15, -0.1) is 0 Å². The van der Waals surface area contributed by atoms with E-state index in [2.05, 4.69) is 26.2 Å². The first kappa shape index (κ1) is 10.0. The van der Waals surface area contributed by atoms with Gasteiger partial charge in [-0.1, -0.05) is 6.42 Å². The predicted octanol–water partition coefficient (Wildman–Crippen LogP) is 1.50. The molecule has 1 rings (SSSR count). The monoisotopic (exact) mass is 170 g/mol. The van der Waals surface area contributed by atoms with Gasteiger partial charge in [0.05, 0.1) is 0 Å². The Morgan fingerprint density at radius 2 is 2.08 bits per heavy atom. The van der Waals surface area contributed by atoms with Crippen molar-refractivity contribution in [2.75, 3.05) is 7.05 Å². The van der Waals surface area contributed by atoms with Gasteiger partial charge in [-0.05, 0) is 46.1 Å². The molecule has 0 aromatic carbocycles. The van der Waals surface area contributed by atoms with Crippen LogP contribution in [-0.4, -0.2) is 18.6 Å². The van der Waals surface area contributed by atoms with E-state index in [1.807, 2.05) is 0 Å². The SMILES string of the molecule is CNC(CC(C)(C)N)C1CCC1. The molecule has 72 valence electrons. The Bertz CT molecular complexity index is 133. The standard InChI is InChI=1S/C10H22N2/c1-10(2,11)7-9(12-3)8-5-4-6-8/h8-9,12H,4-7,11H2,1-3H3. The molecule has 0 aromatic heterocycles. The number of nitrogens with two attached hydrogens (primary N) is 1. The first-order valence-corrected chi connectivity index (χ1v) is 4.99. The lowest BCUT2D eigenvalue weighted by molar-refractivity contribution is 0.205. The molecule has 1 unspecified atom stereocenters. The van der Waals surface area contributed by atoms with Gasteiger partial charge in [-0.25, -0.2) is 0 Å². The van der Waals surface area contributed by atoms with Gasteiger partial charge in [0.2, 0.25) is 0 Å². The third-order valence-corrected chi connectivity index (χ3v) is 2.84. The average Bonchev–Trinajstić information content (AvgIpc) is 1.79. The van der Waals surface area contributed by atoms with Crippen molar-refractivity contribution < 1.29 is 0 Å². The van der Waals surface area contributed by atoms with Gasteiger partial charge >= 0.3 is 0 Å². The van der Waals surface area contributed by atoms with Gasteiger partial charge in [-0.3, -0.25) is 0 Å². The summed E-state index contributed by atoms with van der Waals surface area (Å²) in [7, 11) is 2.05. The van der Waals surface area contributed by atoms with E-state index >= 15 is 0 Å². The summed E-state index contributed by atoms with van der Waals surface area (Å²) in [6.45, 7) is 4.21. The van der Waals surface area contributed by atoms with E-state index < -0.39 is 0 Å². The molecular weight excluding hydrogens is 148 g/mol. The molecule has 0 bridgehead atoms. The van der Waals surface area contributed by atoms with Crippen LogP contribution in [0.15, 0.2) is 0 Å². The van der Waals surface area contributed by atoms with E-state index in [0.717, 1.165) is 12.3 Å². The molecule has 1 fully saturated rings. The molecule has 0 heterocycles. The number of rotatable bonds is 4. The van der Waals surface area contributed by atoms with Crippen LogP contribution in [0.4, 0.5) is 0 Å². The first-order valence-electron chi connectivity index (χ1n) is 4.99. The van der Waals surface area contributed by atoms with Crippen LogP contribution < -0.4 is 11.1 Å². The van der Waals surface area contributed by atoms with Crippen LogP contribution in [0.3, 0.4) is 0 Å². The molecule has 0 amide bonds. The average molecular weight is 170 g/mol. The van der Waals surface area contributed by atoms with E-state index in [0.29, 0.717) is 6.04 Å². The van der Waals surface area contributed by atoms with Crippen LogP contribution in [0.1, 0.15) is 39.5 Å². The summed E-state index contributed by atoms with van der Waals surface area (Å²) >= 11 is 0. The Morgan fingerprint density at radius 1 is 1.50 bits per heavy atom. The predicted molar refractivity (Wildman–Crippen MR) is 53.1 cm³/mol. The lowest BCUT2D eigenvalue weighted by atomic mass is 9.76. The zero-order valence-electron chi connectivity index (χ0n) is 8.56. The Morgan fingerprint density at radius 3 is 2.33 bits per heavy atom. The fraction of sp³-hybridized carbons (Fsp3) is 1.00. The van der Waals surface area contributed by atoms with Gasteiger partial charge in [0.15, 0.2) is 0 Å². The normalized spacial score (nSPS) is 22.0. The van der Waals surface area contributed by atoms with Crippen molar-refractivity contribution in [1.82, 2.24) is 5.32 Å². The van der Waals surface area contributed by atoms with Gasteiger partial charge in [0.25, 0.3) is 0 Å². The van der Waals surface area contributed by atoms with Crippen molar-refractivity contribution in [3.63, 3.8) is 0 Å². The smallest absolute Gasteiger partial charge is 0.0112 e. The highest BCUT2D eigenvalue weighted by atomic mass is 14.9. The topological polar surface area (TPSA) is 38.0 Å². The Kier molecular flexibility index (Phi) is 3.13. The largest absolute Gasteiger partial charge is 0.326 e. The van der Waals surface area contributed by atoms with Crippen LogP contribution in [0.2, 0.25) is 0 Å². The second kappa shape index (κ2) is 3.75. The third kappa shape index (κ3) is 2.76. The lowest BCUT2D eigenvalue weighted by Gasteiger charge is -2.37. The van der Waals surface area contributed by atoms with Gasteiger partial charge in [0.1, 0.15) is 0 Å². The minimum Gasteiger partial charge on any atom is -0.326 e. The molecule has 2 heteroatoms. The molecule has 0 aromatic rings. The van der Waals surface area contributed by atoms with Crippen molar-refractivity contribution in [1.29, 1.82) is 0 Å². The maximum absolute atomic E-state index is 5.99. The van der Waals surface area contributed by atoms with E-state index in [-0.39, 0.29) is 5.54 Å². The van der Waals surface area contributed by atoms with Crippen molar-refractivity contribution in [2.24, 2.45) is 11.7 Å². The van der Waals surface area contributed by atoms with Gasteiger partial charge in [0, 0.05) is 11.6 Å². The number of hydrogen-bond acceptors (Lipinski definition) is 2. The number of nitrogens with one attached hydrogen (secondary N) is 1. The minimum atomic E-state index is -0.0245. The highest BCUT2D eigenvalue weighted by Crippen LogP contribution is 2.32. The molecule has 0 aliphatic heterocycles. The molecule has 3 N–H and O–H groups in total. The Balaban J connectivity index is 2.34. The minimum absolute atomic E-state index is 0.0245. The van der Waals surface area contributed by atoms with Crippen molar-refractivity contribution in [3.05, 3.63) is 0 Å². The van der Waals surface area contributed by atoms with Crippen LogP contribution in [0.5, 0.6) is 0 Å². The molecule has 1 aliphatic carbocycles. The van der Waals surface area contributed by atoms with Gasteiger partial charge < -0.3 is 11.1 Å². The summed E-state index contributed by atoms with van der Waals surface area (Å²) in [6, 6.07) is 0.638. The van der Waals surface area contributed by atoms with Crippen molar-refractivity contribution in [3.8, 4) is 0 Å². The summed E-state index contributed by atoms with van der Waals surface area (Å²) in [5.74, 6) is 0.887. The highest BCUT2D eigenvalue weighted by Gasteiger charge is 2.29. The summed E-state index contributed by atoms with van der Waals surface area (Å²) in [5, 5.41) is 3.38. The lowest BCUT2D eigenvalue weighted by Crippen LogP contribution is -2.46. The fourth-order valence-electron chi connectivity index (χ4n) is 1.91. The Hall–Kier alpha value is -0.0800. The summed E-state index contributed by atoms with van der Waals surface area (Å²) in [4.78, 5) is 0. The third-order valence-electron chi connectivity index (χ3n) is 2.84. The second-order valence-corrected chi connectivity index (χ2v) is 4.78. The highest BCUT2D eigenvalue weighted by molar-refractivity contribution is 4.87. The molecule has 0 spiro atoms. The Labute approximate surface area is 75.9 Å². The van der Waals surface area contributed by atoms with Crippen molar-refractivity contribution >= 4 is 0 Å². The molecule has 1 atom stereocenters. The van der Waals surface area contributed by atoms with Crippen LogP contribution >= 0.6 is 0 Å². The van der Waals surface area contributed by atoms with Crippen LogP contribution in [-0.2, 0) is 0 Å². The maximum atomic E-state index is 5.99. The number of hydrogen-bond donors (Lipinski definition) is 2. The quantitative estimate of drug-likeness (QED) is 0.671. The second-order valence-electron chi connectivity index (χ2n) is 4.78. The molecule has 0 radical (unpaired) electrons. The van der Waals surface area contributed by atoms with E-state index in [1.165, 1.54) is 19.3 Å². The molecule has 1 saturated carbocycles. The van der Waals surface area contributed by atoms with Crippen molar-refractivity contribution in [2.45, 2.75) is 51.1 Å². The van der Waals surface area contributed by atoms with Gasteiger partial charge in [-0.2, -0.15) is 0 Å². The summed E-state index contributed by atoms with van der Waals surface area (Å²) in [5.41, 5.74) is 5.96. The van der Waals surface area contributed by atoms with E-state index in [1.54, 1.807) is 0 Å². The molecule has 0 saturated heterocycles. The van der Waals surface area contributed by atoms with E-state index in [9.17, 15) is 0 Å².